The molecule has 0 spiro atoms. The summed E-state index contributed by atoms with van der Waals surface area (Å²) in [6, 6.07) is 12.2. The number of aromatic nitrogens is 1. The number of rotatable bonds is 14. The Morgan fingerprint density at radius 1 is 1.02 bits per heavy atom. The molecule has 0 aliphatic carbocycles. The molecule has 47 heavy (non-hydrogen) atoms. The van der Waals surface area contributed by atoms with Gasteiger partial charge < -0.3 is 35.4 Å². The van der Waals surface area contributed by atoms with Crippen molar-refractivity contribution in [2.75, 3.05) is 26.3 Å². The molecule has 13 nitrogen and oxygen atoms in total. The van der Waals surface area contributed by atoms with Gasteiger partial charge in [-0.25, -0.2) is 9.78 Å². The zero-order valence-corrected chi connectivity index (χ0v) is 28.1. The Morgan fingerprint density at radius 2 is 1.79 bits per heavy atom. The number of hydrogen-bond donors (Lipinski definition) is 4. The first kappa shape index (κ1) is 35.8. The normalized spacial score (nSPS) is 20.3. The number of carboxylic acids is 1. The van der Waals surface area contributed by atoms with Gasteiger partial charge in [-0.15, -0.1) is 0 Å². The minimum atomic E-state index is -1.03. The van der Waals surface area contributed by atoms with Crippen LogP contribution in [0.15, 0.2) is 53.1 Å². The molecule has 2 aliphatic rings. The molecular weight excluding hydrogens is 674 g/mol. The monoisotopic (exact) mass is 715 g/mol. The quantitative estimate of drug-likeness (QED) is 0.214. The van der Waals surface area contributed by atoms with Crippen molar-refractivity contribution in [3.63, 3.8) is 0 Å². The molecule has 0 bridgehead atoms. The number of aliphatic carboxylic acids is 1. The number of halogens is 1. The van der Waals surface area contributed by atoms with Crippen LogP contribution in [0.1, 0.15) is 55.6 Å². The van der Waals surface area contributed by atoms with Gasteiger partial charge in [0.15, 0.2) is 0 Å². The average Bonchev–Trinajstić information content (AvgIpc) is 3.67. The molecule has 4 rings (SSSR count). The van der Waals surface area contributed by atoms with Gasteiger partial charge in [-0.2, -0.15) is 0 Å². The van der Waals surface area contributed by atoms with Crippen molar-refractivity contribution in [3.8, 4) is 0 Å². The number of benzene rings is 1. The van der Waals surface area contributed by atoms with Crippen LogP contribution < -0.4 is 16.0 Å². The number of carboxylic acid groups (broad SMARTS) is 1. The van der Waals surface area contributed by atoms with Gasteiger partial charge in [0.25, 0.3) is 5.91 Å². The third-order valence-electron chi connectivity index (χ3n) is 7.98. The number of nitrogens with one attached hydrogen (secondary N) is 3. The first-order valence-electron chi connectivity index (χ1n) is 15.8. The summed E-state index contributed by atoms with van der Waals surface area (Å²) in [5.74, 6) is -3.08. The second kappa shape index (κ2) is 17.2. The van der Waals surface area contributed by atoms with Crippen LogP contribution in [0.4, 0.5) is 4.79 Å². The number of amides is 4. The van der Waals surface area contributed by atoms with E-state index in [2.05, 4.69) is 36.9 Å². The molecule has 5 atom stereocenters. The van der Waals surface area contributed by atoms with Crippen molar-refractivity contribution >= 4 is 45.7 Å². The first-order chi connectivity index (χ1) is 22.5. The van der Waals surface area contributed by atoms with Gasteiger partial charge in [0.1, 0.15) is 16.4 Å². The van der Waals surface area contributed by atoms with Crippen molar-refractivity contribution in [2.45, 2.75) is 70.2 Å². The van der Waals surface area contributed by atoms with E-state index in [1.165, 1.54) is 4.90 Å². The van der Waals surface area contributed by atoms with Gasteiger partial charge in [0, 0.05) is 38.0 Å². The molecule has 0 radical (unpaired) electrons. The molecule has 254 valence electrons. The molecular formula is C33H42BrN5O8. The van der Waals surface area contributed by atoms with Crippen LogP contribution in [-0.2, 0) is 30.3 Å². The summed E-state index contributed by atoms with van der Waals surface area (Å²) in [6.45, 7) is 4.76. The van der Waals surface area contributed by atoms with Gasteiger partial charge in [0.05, 0.1) is 31.6 Å². The van der Waals surface area contributed by atoms with Crippen LogP contribution >= 0.6 is 15.9 Å². The van der Waals surface area contributed by atoms with E-state index >= 15 is 0 Å². The van der Waals surface area contributed by atoms with Crippen LogP contribution in [0, 0.1) is 11.8 Å². The highest BCUT2D eigenvalue weighted by Gasteiger charge is 2.42. The molecule has 0 saturated carbocycles. The van der Waals surface area contributed by atoms with E-state index in [1.54, 1.807) is 18.2 Å². The fourth-order valence-electron chi connectivity index (χ4n) is 5.83. The molecule has 1 aromatic carbocycles. The van der Waals surface area contributed by atoms with Crippen molar-refractivity contribution in [3.05, 3.63) is 64.4 Å². The highest BCUT2D eigenvalue weighted by Crippen LogP contribution is 2.22. The Balaban J connectivity index is 1.45. The number of pyridine rings is 1. The molecule has 1 aromatic heterocycles. The predicted octanol–water partition coefficient (Wildman–Crippen LogP) is 2.92. The molecule has 2 saturated heterocycles. The lowest BCUT2D eigenvalue weighted by Gasteiger charge is -2.25. The fraction of sp³-hybridized carbons (Fsp3) is 0.515. The number of likely N-dealkylation sites (tertiary alicyclic amines) is 1. The molecule has 14 heteroatoms. The lowest BCUT2D eigenvalue weighted by atomic mass is 9.97. The lowest BCUT2D eigenvalue weighted by molar-refractivity contribution is -0.137. The smallest absolute Gasteiger partial charge is 0.410 e. The zero-order valence-electron chi connectivity index (χ0n) is 26.5. The molecule has 4 amide bonds. The van der Waals surface area contributed by atoms with Gasteiger partial charge >= 0.3 is 12.1 Å². The summed E-state index contributed by atoms with van der Waals surface area (Å²) in [5.41, 5.74) is 1.03. The van der Waals surface area contributed by atoms with Crippen LogP contribution in [0.3, 0.4) is 0 Å². The average molecular weight is 717 g/mol. The van der Waals surface area contributed by atoms with E-state index in [-0.39, 0.29) is 49.6 Å². The number of ether oxygens (including phenoxy) is 2. The molecule has 2 fully saturated rings. The summed E-state index contributed by atoms with van der Waals surface area (Å²) in [4.78, 5) is 70.3. The van der Waals surface area contributed by atoms with Crippen LogP contribution in [0.2, 0.25) is 0 Å². The summed E-state index contributed by atoms with van der Waals surface area (Å²) in [5, 5.41) is 18.1. The molecule has 0 unspecified atom stereocenters. The Kier molecular flexibility index (Phi) is 13.1. The second-order valence-electron chi connectivity index (χ2n) is 12.4. The standard InChI is InChI=1S/C33H42BrN5O8/c1-20(2)13-22(15-29(40)35-23(16-30(41)42)14-21-7-4-3-5-8-21)36-31(43)25-17-39(33(45)47-24-11-12-46-19-24)18-27(25)38-32(44)26-9-6-10-28(34)37-26/h3-10,20,22-25,27H,11-19H2,1-2H3,(H,35,40)(H,36,43)(H,38,44)(H,41,42)/t22-,23-,24-,25+,27-/m0/s1. The van der Waals surface area contributed by atoms with Crippen LogP contribution in [-0.4, -0.2) is 95.3 Å². The van der Waals surface area contributed by atoms with E-state index in [1.807, 2.05) is 44.2 Å². The Morgan fingerprint density at radius 3 is 2.45 bits per heavy atom. The van der Waals surface area contributed by atoms with Gasteiger partial charge in [-0.1, -0.05) is 50.2 Å². The van der Waals surface area contributed by atoms with Crippen LogP contribution in [0.5, 0.6) is 0 Å². The Hall–Kier alpha value is -4.04. The van der Waals surface area contributed by atoms with E-state index in [4.69, 9.17) is 9.47 Å². The largest absolute Gasteiger partial charge is 0.481 e. The summed E-state index contributed by atoms with van der Waals surface area (Å²) in [6.07, 6.45) is 0.0863. The SMILES string of the molecule is CC(C)C[C@@H](CC(=O)N[C@H](CC(=O)O)Cc1ccccc1)NC(=O)[C@@H]1CN(C(=O)O[C@H]2CCOC2)C[C@@H]1NC(=O)c1cccc(Br)n1. The maximum Gasteiger partial charge on any atom is 0.410 e. The van der Waals surface area contributed by atoms with Gasteiger partial charge in [-0.3, -0.25) is 19.2 Å². The third kappa shape index (κ3) is 11.3. The fourth-order valence-corrected chi connectivity index (χ4v) is 6.17. The summed E-state index contributed by atoms with van der Waals surface area (Å²) < 4.78 is 11.3. The van der Waals surface area contributed by atoms with Gasteiger partial charge in [-0.05, 0) is 52.4 Å². The number of carbonyl (C=O) groups is 5. The zero-order chi connectivity index (χ0) is 33.9. The first-order valence-corrected chi connectivity index (χ1v) is 16.6. The number of hydrogen-bond acceptors (Lipinski definition) is 8. The number of nitrogens with zero attached hydrogens (tertiary/aromatic N) is 2. The minimum absolute atomic E-state index is 0.00649. The summed E-state index contributed by atoms with van der Waals surface area (Å²) >= 11 is 3.26. The van der Waals surface area contributed by atoms with Crippen molar-refractivity contribution in [1.82, 2.24) is 25.8 Å². The van der Waals surface area contributed by atoms with E-state index in [0.29, 0.717) is 37.1 Å². The Bertz CT molecular complexity index is 1400. The highest BCUT2D eigenvalue weighted by molar-refractivity contribution is 9.10. The number of carbonyl (C=O) groups excluding carboxylic acids is 4. The maximum absolute atomic E-state index is 13.8. The lowest BCUT2D eigenvalue weighted by Crippen LogP contribution is -2.50. The van der Waals surface area contributed by atoms with Crippen LogP contribution in [0.25, 0.3) is 0 Å². The third-order valence-corrected chi connectivity index (χ3v) is 8.42. The maximum atomic E-state index is 13.8. The van der Waals surface area contributed by atoms with Crippen molar-refractivity contribution < 1.29 is 38.6 Å². The molecule has 2 aromatic rings. The minimum Gasteiger partial charge on any atom is -0.481 e. The topological polar surface area (TPSA) is 176 Å². The highest BCUT2D eigenvalue weighted by atomic mass is 79.9. The van der Waals surface area contributed by atoms with Crippen molar-refractivity contribution in [1.29, 1.82) is 0 Å². The van der Waals surface area contributed by atoms with E-state index < -0.39 is 47.9 Å². The second-order valence-corrected chi connectivity index (χ2v) is 13.2. The van der Waals surface area contributed by atoms with Crippen molar-refractivity contribution in [2.24, 2.45) is 11.8 Å². The predicted molar refractivity (Wildman–Crippen MR) is 174 cm³/mol. The summed E-state index contributed by atoms with van der Waals surface area (Å²) in [7, 11) is 0. The van der Waals surface area contributed by atoms with Gasteiger partial charge in [0.2, 0.25) is 11.8 Å². The molecule has 4 N–H and O–H groups in total. The molecule has 2 aliphatic heterocycles. The van der Waals surface area contributed by atoms with E-state index in [9.17, 15) is 29.1 Å². The molecule has 3 heterocycles. The van der Waals surface area contributed by atoms with E-state index in [0.717, 1.165) is 5.56 Å². The Labute approximate surface area is 282 Å².